The van der Waals surface area contributed by atoms with Gasteiger partial charge in [-0.25, -0.2) is 21.1 Å². The second-order valence-electron chi connectivity index (χ2n) is 13.7. The molecule has 4 aliphatic rings. The summed E-state index contributed by atoms with van der Waals surface area (Å²) in [4.78, 5) is 14.8. The molecule has 0 N–H and O–H groups in total. The van der Waals surface area contributed by atoms with Gasteiger partial charge in [0.1, 0.15) is 5.41 Å². The van der Waals surface area contributed by atoms with Crippen LogP contribution in [0.25, 0.3) is 0 Å². The summed E-state index contributed by atoms with van der Waals surface area (Å²) in [6.45, 7) is 4.50. The molecule has 3 saturated carbocycles. The summed E-state index contributed by atoms with van der Waals surface area (Å²) in [6.07, 6.45) is 8.13. The molecule has 1 saturated heterocycles. The molecule has 4 fully saturated rings. The van der Waals surface area contributed by atoms with Gasteiger partial charge < -0.3 is 0 Å². The number of rotatable bonds is 4. The van der Waals surface area contributed by atoms with Crippen LogP contribution in [-0.2, 0) is 30.1 Å². The lowest BCUT2D eigenvalue weighted by Crippen LogP contribution is -2.71. The van der Waals surface area contributed by atoms with Crippen LogP contribution in [0.1, 0.15) is 69.9 Å². The number of benzene rings is 2. The molecule has 7 atom stereocenters. The van der Waals surface area contributed by atoms with Gasteiger partial charge in [-0.1, -0.05) is 80.9 Å². The van der Waals surface area contributed by atoms with Crippen LogP contribution in [-0.4, -0.2) is 50.9 Å². The Morgan fingerprint density at radius 3 is 1.90 bits per heavy atom. The van der Waals surface area contributed by atoms with Crippen LogP contribution in [0.2, 0.25) is 0 Å². The zero-order valence-electron chi connectivity index (χ0n) is 23.9. The molecule has 1 aliphatic heterocycles. The lowest BCUT2D eigenvalue weighted by atomic mass is 9.45. The molecule has 0 bridgehead atoms. The third-order valence-corrected chi connectivity index (χ3v) is 14.3. The van der Waals surface area contributed by atoms with E-state index in [0.29, 0.717) is 6.42 Å². The summed E-state index contributed by atoms with van der Waals surface area (Å²) in [5.74, 6) is -0.235. The molecular weight excluding hydrogens is 542 g/mol. The normalized spacial score (nSPS) is 37.4. The van der Waals surface area contributed by atoms with E-state index >= 15 is 0 Å². The highest BCUT2D eigenvalue weighted by Crippen LogP contribution is 2.67. The van der Waals surface area contributed by atoms with Gasteiger partial charge >= 0.3 is 0 Å². The molecule has 40 heavy (non-hydrogen) atoms. The molecule has 2 aromatic carbocycles. The number of fused-ring (bicyclic) bond motifs is 5. The predicted octanol–water partition coefficient (Wildman–Crippen LogP) is 5.19. The van der Waals surface area contributed by atoms with Crippen molar-refractivity contribution in [2.45, 2.75) is 75.5 Å². The second-order valence-corrected chi connectivity index (χ2v) is 17.8. The third-order valence-electron chi connectivity index (χ3n) is 11.5. The molecule has 0 spiro atoms. The second kappa shape index (κ2) is 9.15. The molecule has 6 nitrogen and oxygen atoms in total. The number of amides is 1. The number of hydrogen-bond acceptors (Lipinski definition) is 5. The highest BCUT2D eigenvalue weighted by atomic mass is 32.2. The fourth-order valence-corrected chi connectivity index (χ4v) is 12.6. The monoisotopic (exact) mass is 583 g/mol. The summed E-state index contributed by atoms with van der Waals surface area (Å²) in [6, 6.07) is 18.5. The SMILES string of the molecule is C[C@@]12CCC[C@H]1[C@@H]1C(S(C)(=O)=O)CC3N(S(C)(=O)=O)C(=O)C(c4ccccc4)(c4ccccc4)C[C@]3(C)[C@@H]1CC2. The number of nitrogens with zero attached hydrogens (tertiary/aromatic N) is 1. The summed E-state index contributed by atoms with van der Waals surface area (Å²) in [5.41, 5.74) is -0.121. The maximum absolute atomic E-state index is 14.8. The Balaban J connectivity index is 1.62. The maximum Gasteiger partial charge on any atom is 0.251 e. The number of carbonyl (C=O) groups excluding carboxylic acids is 1. The average molecular weight is 584 g/mol. The minimum absolute atomic E-state index is 0.00806. The fraction of sp³-hybridized carbons (Fsp3) is 0.594. The molecule has 0 radical (unpaired) electrons. The van der Waals surface area contributed by atoms with E-state index in [4.69, 9.17) is 0 Å². The Kier molecular flexibility index (Phi) is 6.40. The third kappa shape index (κ3) is 3.95. The highest BCUT2D eigenvalue weighted by Gasteiger charge is 2.69. The molecule has 1 amide bonds. The zero-order valence-corrected chi connectivity index (χ0v) is 25.5. The predicted molar refractivity (Wildman–Crippen MR) is 157 cm³/mol. The van der Waals surface area contributed by atoms with Crippen molar-refractivity contribution in [3.63, 3.8) is 0 Å². The minimum atomic E-state index is -4.02. The fourth-order valence-electron chi connectivity index (χ4n) is 9.86. The lowest BCUT2D eigenvalue weighted by Gasteiger charge is -2.65. The molecule has 0 aromatic heterocycles. The summed E-state index contributed by atoms with van der Waals surface area (Å²) in [5, 5.41) is -0.656. The Morgan fingerprint density at radius 1 is 0.800 bits per heavy atom. The van der Waals surface area contributed by atoms with Gasteiger partial charge in [0.05, 0.1) is 17.5 Å². The molecule has 2 aromatic rings. The van der Waals surface area contributed by atoms with Crippen molar-refractivity contribution in [1.82, 2.24) is 4.31 Å². The van der Waals surface area contributed by atoms with Gasteiger partial charge in [-0.05, 0) is 78.2 Å². The quantitative estimate of drug-likeness (QED) is 0.494. The lowest BCUT2D eigenvalue weighted by molar-refractivity contribution is -0.157. The summed E-state index contributed by atoms with van der Waals surface area (Å²) in [7, 11) is -7.51. The number of carbonyl (C=O) groups is 1. The number of sulfonamides is 1. The van der Waals surface area contributed by atoms with E-state index < -0.39 is 47.9 Å². The molecular formula is C32H41NO5S2. The van der Waals surface area contributed by atoms with Gasteiger partial charge in [-0.2, -0.15) is 0 Å². The van der Waals surface area contributed by atoms with Crippen LogP contribution in [0.5, 0.6) is 0 Å². The Bertz CT molecular complexity index is 1480. The van der Waals surface area contributed by atoms with Crippen LogP contribution in [0.4, 0.5) is 0 Å². The Morgan fingerprint density at radius 2 is 1.38 bits per heavy atom. The van der Waals surface area contributed by atoms with Crippen molar-refractivity contribution in [2.75, 3.05) is 12.5 Å². The first-order valence-electron chi connectivity index (χ1n) is 14.6. The minimum Gasteiger partial charge on any atom is -0.272 e. The summed E-state index contributed by atoms with van der Waals surface area (Å²) >= 11 is 0. The number of hydrogen-bond donors (Lipinski definition) is 0. The van der Waals surface area contributed by atoms with Crippen LogP contribution in [0.15, 0.2) is 60.7 Å². The first-order chi connectivity index (χ1) is 18.7. The maximum atomic E-state index is 14.8. The van der Waals surface area contributed by atoms with Crippen LogP contribution in [0, 0.1) is 28.6 Å². The van der Waals surface area contributed by atoms with E-state index in [-0.39, 0.29) is 29.6 Å². The molecule has 8 heteroatoms. The first-order valence-corrected chi connectivity index (χ1v) is 18.4. The van der Waals surface area contributed by atoms with Crippen molar-refractivity contribution in [3.8, 4) is 0 Å². The van der Waals surface area contributed by atoms with Gasteiger partial charge in [0.15, 0.2) is 9.84 Å². The molecule has 216 valence electrons. The molecule has 3 aliphatic carbocycles. The number of sulfone groups is 1. The smallest absolute Gasteiger partial charge is 0.251 e. The van der Waals surface area contributed by atoms with Gasteiger partial charge in [0, 0.05) is 6.26 Å². The average Bonchev–Trinajstić information content (AvgIpc) is 3.30. The van der Waals surface area contributed by atoms with Crippen LogP contribution in [0.3, 0.4) is 0 Å². The van der Waals surface area contributed by atoms with Crippen molar-refractivity contribution in [3.05, 3.63) is 71.8 Å². The topological polar surface area (TPSA) is 88.6 Å². The summed E-state index contributed by atoms with van der Waals surface area (Å²) < 4.78 is 55.4. The molecule has 2 unspecified atom stereocenters. The highest BCUT2D eigenvalue weighted by molar-refractivity contribution is 7.91. The van der Waals surface area contributed by atoms with E-state index in [1.54, 1.807) is 0 Å². The van der Waals surface area contributed by atoms with Crippen molar-refractivity contribution in [1.29, 1.82) is 0 Å². The molecule has 6 rings (SSSR count). The largest absolute Gasteiger partial charge is 0.272 e. The number of piperidine rings is 1. The Labute approximate surface area is 239 Å². The van der Waals surface area contributed by atoms with Gasteiger partial charge in [0.2, 0.25) is 10.0 Å². The van der Waals surface area contributed by atoms with Crippen molar-refractivity contribution >= 4 is 25.8 Å². The zero-order chi connectivity index (χ0) is 28.7. The Hall–Kier alpha value is -2.19. The first kappa shape index (κ1) is 28.0. The van der Waals surface area contributed by atoms with E-state index in [0.717, 1.165) is 53.8 Å². The molecule has 1 heterocycles. The van der Waals surface area contributed by atoms with Crippen LogP contribution >= 0.6 is 0 Å². The van der Waals surface area contributed by atoms with E-state index in [9.17, 15) is 21.6 Å². The van der Waals surface area contributed by atoms with E-state index in [1.807, 2.05) is 60.7 Å². The van der Waals surface area contributed by atoms with Crippen molar-refractivity contribution in [2.24, 2.45) is 28.6 Å². The van der Waals surface area contributed by atoms with E-state index in [2.05, 4.69) is 13.8 Å². The van der Waals surface area contributed by atoms with Gasteiger partial charge in [0.25, 0.3) is 5.91 Å². The standard InChI is InChI=1S/C32H41NO5S2/c1-30-18-11-16-24(30)28-25(17-19-30)31(2)21-32(22-12-7-5-8-13-22,23-14-9-6-10-15-23)29(34)33(40(4,37)38)27(31)20-26(28)39(3,35)36/h5-10,12-15,24-28H,11,16-21H2,1-4H3/t24-,25+,26?,27?,28-,30-,31+/m0/s1. The van der Waals surface area contributed by atoms with Crippen molar-refractivity contribution < 1.29 is 21.6 Å². The van der Waals surface area contributed by atoms with Gasteiger partial charge in [-0.3, -0.25) is 4.79 Å². The van der Waals surface area contributed by atoms with Gasteiger partial charge in [-0.15, -0.1) is 0 Å². The van der Waals surface area contributed by atoms with Crippen LogP contribution < -0.4 is 0 Å². The van der Waals surface area contributed by atoms with E-state index in [1.165, 1.54) is 6.26 Å².